The van der Waals surface area contributed by atoms with Gasteiger partial charge in [0.1, 0.15) is 5.82 Å². The van der Waals surface area contributed by atoms with Gasteiger partial charge in [-0.3, -0.25) is 9.89 Å². The van der Waals surface area contributed by atoms with Gasteiger partial charge in [-0.05, 0) is 48.0 Å². The van der Waals surface area contributed by atoms with Crippen LogP contribution in [0.5, 0.6) is 0 Å². The van der Waals surface area contributed by atoms with Crippen molar-refractivity contribution in [2.75, 3.05) is 16.4 Å². The Morgan fingerprint density at radius 1 is 1.00 bits per heavy atom. The van der Waals surface area contributed by atoms with Crippen molar-refractivity contribution >= 4 is 40.0 Å². The molecule has 0 aliphatic carbocycles. The summed E-state index contributed by atoms with van der Waals surface area (Å²) in [5, 5.41) is 14.4. The summed E-state index contributed by atoms with van der Waals surface area (Å²) in [4.78, 5) is 24.9. The molecule has 0 bridgehead atoms. The van der Waals surface area contributed by atoms with Crippen LogP contribution in [0, 0.1) is 5.82 Å². The molecule has 4 rings (SSSR count). The van der Waals surface area contributed by atoms with Gasteiger partial charge < -0.3 is 21.7 Å². The van der Waals surface area contributed by atoms with Gasteiger partial charge in [0.2, 0.25) is 0 Å². The van der Waals surface area contributed by atoms with E-state index in [1.807, 2.05) is 0 Å². The number of carbonyl (C=O) groups excluding carboxylic acids is 2. The minimum Gasteiger partial charge on any atom is -0.382 e. The quantitative estimate of drug-likeness (QED) is 0.258. The number of nitrogens with two attached hydrogens (primary N) is 1. The number of nitrogens with zero attached hydrogens (tertiary/aromatic N) is 1. The van der Waals surface area contributed by atoms with Crippen molar-refractivity contribution in [3.8, 4) is 0 Å². The van der Waals surface area contributed by atoms with Crippen LogP contribution in [0.15, 0.2) is 60.7 Å². The molecule has 0 aliphatic heterocycles. The van der Waals surface area contributed by atoms with E-state index in [4.69, 9.17) is 5.73 Å². The number of carbonyl (C=O) groups is 2. The van der Waals surface area contributed by atoms with E-state index in [0.29, 0.717) is 45.9 Å². The maximum atomic E-state index is 13.8. The lowest BCUT2D eigenvalue weighted by molar-refractivity contribution is -0.137. The van der Waals surface area contributed by atoms with Crippen LogP contribution in [0.2, 0.25) is 0 Å². The number of hydrogen-bond donors (Lipinski definition) is 5. The largest absolute Gasteiger partial charge is 0.416 e. The number of urea groups is 1. The van der Waals surface area contributed by atoms with Crippen LogP contribution in [0.1, 0.15) is 21.5 Å². The third-order valence-electron chi connectivity index (χ3n) is 5.04. The summed E-state index contributed by atoms with van der Waals surface area (Å²) in [5.74, 6) is -1.25. The number of fused-ring (bicyclic) bond motifs is 1. The van der Waals surface area contributed by atoms with Crippen LogP contribution in [0.25, 0.3) is 10.9 Å². The molecule has 0 spiro atoms. The predicted molar refractivity (Wildman–Crippen MR) is 122 cm³/mol. The number of nitrogens with one attached hydrogen (secondary N) is 4. The summed E-state index contributed by atoms with van der Waals surface area (Å²) in [6.45, 7) is -0.0413. The molecular weight excluding hydrogens is 468 g/mol. The molecule has 3 amide bonds. The fraction of sp³-hybridized carbons (Fsp3) is 0.0870. The van der Waals surface area contributed by atoms with Crippen molar-refractivity contribution in [2.24, 2.45) is 0 Å². The molecule has 0 unspecified atom stereocenters. The van der Waals surface area contributed by atoms with Crippen LogP contribution in [0.3, 0.4) is 0 Å². The number of halogens is 4. The smallest absolute Gasteiger partial charge is 0.382 e. The van der Waals surface area contributed by atoms with Crippen molar-refractivity contribution in [2.45, 2.75) is 12.7 Å². The second-order valence-corrected chi connectivity index (χ2v) is 7.49. The summed E-state index contributed by atoms with van der Waals surface area (Å²) in [5.41, 5.74) is 6.08. The average Bonchev–Trinajstić information content (AvgIpc) is 3.19. The lowest BCUT2D eigenvalue weighted by Crippen LogP contribution is -2.28. The third kappa shape index (κ3) is 5.32. The molecule has 8 nitrogen and oxygen atoms in total. The van der Waals surface area contributed by atoms with E-state index in [1.165, 1.54) is 0 Å². The van der Waals surface area contributed by atoms with Gasteiger partial charge in [-0.1, -0.05) is 18.2 Å². The number of aromatic amines is 1. The highest BCUT2D eigenvalue weighted by Gasteiger charge is 2.31. The molecular formula is C23H18F4N6O2. The van der Waals surface area contributed by atoms with E-state index >= 15 is 0 Å². The van der Waals surface area contributed by atoms with Gasteiger partial charge in [-0.2, -0.15) is 18.3 Å². The number of nitrogen functional groups attached to an aromatic ring is 1. The third-order valence-corrected chi connectivity index (χ3v) is 5.04. The van der Waals surface area contributed by atoms with E-state index in [1.54, 1.807) is 42.5 Å². The Balaban J connectivity index is 1.40. The van der Waals surface area contributed by atoms with E-state index in [2.05, 4.69) is 26.1 Å². The maximum absolute atomic E-state index is 13.8. The summed E-state index contributed by atoms with van der Waals surface area (Å²) < 4.78 is 52.3. The van der Waals surface area contributed by atoms with Crippen LogP contribution >= 0.6 is 0 Å². The van der Waals surface area contributed by atoms with Gasteiger partial charge in [0.25, 0.3) is 5.91 Å². The number of H-pyrrole nitrogens is 1. The fourth-order valence-corrected chi connectivity index (χ4v) is 3.39. The van der Waals surface area contributed by atoms with Crippen molar-refractivity contribution < 1.29 is 27.2 Å². The number of alkyl halides is 3. The van der Waals surface area contributed by atoms with Crippen molar-refractivity contribution in [3.63, 3.8) is 0 Å². The number of benzene rings is 3. The van der Waals surface area contributed by atoms with Gasteiger partial charge in [-0.15, -0.1) is 0 Å². The number of amides is 3. The lowest BCUT2D eigenvalue weighted by Gasteiger charge is -2.12. The Kier molecular flexibility index (Phi) is 6.28. The first-order chi connectivity index (χ1) is 16.6. The van der Waals surface area contributed by atoms with E-state index in [9.17, 15) is 27.2 Å². The minimum atomic E-state index is -4.68. The van der Waals surface area contributed by atoms with Gasteiger partial charge in [-0.25, -0.2) is 9.18 Å². The first kappa shape index (κ1) is 23.5. The molecule has 1 aromatic heterocycles. The van der Waals surface area contributed by atoms with Gasteiger partial charge >= 0.3 is 12.2 Å². The number of aromatic nitrogens is 2. The topological polar surface area (TPSA) is 125 Å². The number of hydrogen-bond acceptors (Lipinski definition) is 4. The van der Waals surface area contributed by atoms with Gasteiger partial charge in [0.05, 0.1) is 27.7 Å². The van der Waals surface area contributed by atoms with E-state index in [0.717, 1.165) is 0 Å². The normalized spacial score (nSPS) is 11.3. The standard InChI is InChI=1S/C23H18F4N6O2/c24-16-8-7-13(23(25,26)27)10-18(16)31-22(35)29-11-12-3-1-4-14(9-12)30-21(34)15-5-2-6-17-19(15)20(28)33-32-17/h1-10H,11H2,(H,30,34)(H3,28,32,33)(H2,29,31,35). The SMILES string of the molecule is Nc1n[nH]c2cccc(C(=O)Nc3cccc(CNC(=O)Nc4cc(C(F)(F)F)ccc4F)c3)c12. The van der Waals surface area contributed by atoms with Crippen LogP contribution in [-0.4, -0.2) is 22.1 Å². The molecule has 0 radical (unpaired) electrons. The summed E-state index contributed by atoms with van der Waals surface area (Å²) in [7, 11) is 0. The average molecular weight is 486 g/mol. The molecule has 35 heavy (non-hydrogen) atoms. The zero-order valence-electron chi connectivity index (χ0n) is 17.8. The Bertz CT molecular complexity index is 1420. The highest BCUT2D eigenvalue weighted by molar-refractivity contribution is 6.14. The van der Waals surface area contributed by atoms with Crippen LogP contribution < -0.4 is 21.7 Å². The molecule has 1 heterocycles. The van der Waals surface area contributed by atoms with Crippen LogP contribution in [-0.2, 0) is 12.7 Å². The van der Waals surface area contributed by atoms with Crippen molar-refractivity contribution in [1.82, 2.24) is 15.5 Å². The number of anilines is 3. The molecule has 0 atom stereocenters. The Hall–Kier alpha value is -4.61. The summed E-state index contributed by atoms with van der Waals surface area (Å²) in [6.07, 6.45) is -4.68. The Morgan fingerprint density at radius 3 is 2.54 bits per heavy atom. The zero-order chi connectivity index (χ0) is 25.2. The lowest BCUT2D eigenvalue weighted by atomic mass is 10.1. The first-order valence-corrected chi connectivity index (χ1v) is 10.2. The fourth-order valence-electron chi connectivity index (χ4n) is 3.39. The van der Waals surface area contributed by atoms with Crippen molar-refractivity contribution in [3.05, 3.63) is 83.2 Å². The minimum absolute atomic E-state index is 0.0413. The highest BCUT2D eigenvalue weighted by Crippen LogP contribution is 2.31. The van der Waals surface area contributed by atoms with E-state index in [-0.39, 0.29) is 12.4 Å². The monoisotopic (exact) mass is 486 g/mol. The highest BCUT2D eigenvalue weighted by atomic mass is 19.4. The number of rotatable bonds is 5. The molecule has 0 aliphatic rings. The first-order valence-electron chi connectivity index (χ1n) is 10.2. The molecule has 0 fully saturated rings. The second-order valence-electron chi connectivity index (χ2n) is 7.49. The molecule has 4 aromatic rings. The summed E-state index contributed by atoms with van der Waals surface area (Å²) >= 11 is 0. The maximum Gasteiger partial charge on any atom is 0.416 e. The van der Waals surface area contributed by atoms with Crippen molar-refractivity contribution in [1.29, 1.82) is 0 Å². The second kappa shape index (κ2) is 9.33. The van der Waals surface area contributed by atoms with Crippen LogP contribution in [0.4, 0.5) is 39.5 Å². The molecule has 0 saturated heterocycles. The molecule has 6 N–H and O–H groups in total. The van der Waals surface area contributed by atoms with Gasteiger partial charge in [0, 0.05) is 12.2 Å². The molecule has 0 saturated carbocycles. The molecule has 12 heteroatoms. The Morgan fingerprint density at radius 2 is 1.77 bits per heavy atom. The molecule has 3 aromatic carbocycles. The van der Waals surface area contributed by atoms with E-state index < -0.39 is 35.2 Å². The zero-order valence-corrected chi connectivity index (χ0v) is 17.8. The van der Waals surface area contributed by atoms with Gasteiger partial charge in [0.15, 0.2) is 5.82 Å². The summed E-state index contributed by atoms with van der Waals surface area (Å²) in [6, 6.07) is 12.4. The molecule has 180 valence electrons. The predicted octanol–water partition coefficient (Wildman–Crippen LogP) is 4.88. The Labute approximate surface area is 195 Å².